The molecule has 1 N–H and O–H groups in total. The Hall–Kier alpha value is -2.99. The number of aromatic nitrogens is 1. The minimum Gasteiger partial charge on any atom is -0.300 e. The van der Waals surface area contributed by atoms with Crippen molar-refractivity contribution < 1.29 is 0 Å². The van der Waals surface area contributed by atoms with Gasteiger partial charge in [0.25, 0.3) is 0 Å². The lowest BCUT2D eigenvalue weighted by Gasteiger charge is -2.14. The highest BCUT2D eigenvalue weighted by Gasteiger charge is 2.14. The van der Waals surface area contributed by atoms with E-state index in [0.29, 0.717) is 11.3 Å². The van der Waals surface area contributed by atoms with Crippen molar-refractivity contribution in [3.8, 4) is 6.07 Å². The van der Waals surface area contributed by atoms with Gasteiger partial charge >= 0.3 is 0 Å². The molecule has 0 spiro atoms. The van der Waals surface area contributed by atoms with Crippen LogP contribution >= 0.6 is 0 Å². The van der Waals surface area contributed by atoms with Crippen LogP contribution in [0.25, 0.3) is 10.9 Å². The molecule has 3 nitrogen and oxygen atoms in total. The number of hydrogen-bond acceptors (Lipinski definition) is 3. The summed E-state index contributed by atoms with van der Waals surface area (Å²) in [5.41, 5.74) is 7.22. The third kappa shape index (κ3) is 2.68. The summed E-state index contributed by atoms with van der Waals surface area (Å²) in [6.07, 6.45) is 2.81. The molecule has 1 aromatic heterocycles. The number of pyridine rings is 1. The fourth-order valence-electron chi connectivity index (χ4n) is 3.06. The van der Waals surface area contributed by atoms with Gasteiger partial charge in [0.05, 0.1) is 22.9 Å². The molecule has 0 aliphatic heterocycles. The van der Waals surface area contributed by atoms with Crippen molar-refractivity contribution in [2.75, 3.05) is 0 Å². The lowest BCUT2D eigenvalue weighted by Crippen LogP contribution is -2.06. The molecule has 2 aromatic carbocycles. The fraction of sp³-hybridized carbons (Fsp3) is 0.190. The van der Waals surface area contributed by atoms with E-state index in [1.54, 1.807) is 12.1 Å². The number of fused-ring (bicyclic) bond motifs is 1. The first-order valence-corrected chi connectivity index (χ1v) is 8.03. The first kappa shape index (κ1) is 15.9. The van der Waals surface area contributed by atoms with Gasteiger partial charge in [0, 0.05) is 22.7 Å². The Morgan fingerprint density at radius 2 is 1.83 bits per heavy atom. The first-order chi connectivity index (χ1) is 11.5. The number of benzene rings is 2. The molecule has 0 aliphatic rings. The summed E-state index contributed by atoms with van der Waals surface area (Å²) >= 11 is 0. The number of rotatable bonds is 3. The summed E-state index contributed by atoms with van der Waals surface area (Å²) in [7, 11) is 0. The van der Waals surface area contributed by atoms with Crippen molar-refractivity contribution in [1.82, 2.24) is 4.98 Å². The quantitative estimate of drug-likeness (QED) is 0.712. The van der Waals surface area contributed by atoms with Gasteiger partial charge in [-0.3, -0.25) is 10.4 Å². The Balaban J connectivity index is 2.20. The third-order valence-corrected chi connectivity index (χ3v) is 4.45. The predicted octanol–water partition coefficient (Wildman–Crippen LogP) is 4.70. The molecule has 0 amide bonds. The van der Waals surface area contributed by atoms with E-state index in [0.717, 1.165) is 34.0 Å². The van der Waals surface area contributed by atoms with Crippen molar-refractivity contribution in [2.45, 2.75) is 27.2 Å². The van der Waals surface area contributed by atoms with Crippen molar-refractivity contribution in [3.05, 3.63) is 76.0 Å². The molecule has 0 saturated carbocycles. The lowest BCUT2D eigenvalue weighted by molar-refractivity contribution is 1.11. The smallest absolute Gasteiger partial charge is 0.0991 e. The molecule has 24 heavy (non-hydrogen) atoms. The van der Waals surface area contributed by atoms with Crippen LogP contribution in [0.1, 0.15) is 40.3 Å². The van der Waals surface area contributed by atoms with Crippen molar-refractivity contribution in [3.63, 3.8) is 0 Å². The van der Waals surface area contributed by atoms with Crippen LogP contribution < -0.4 is 0 Å². The fourth-order valence-corrected chi connectivity index (χ4v) is 3.06. The molecule has 0 saturated heterocycles. The second-order valence-corrected chi connectivity index (χ2v) is 6.03. The van der Waals surface area contributed by atoms with Gasteiger partial charge in [-0.2, -0.15) is 5.26 Å². The van der Waals surface area contributed by atoms with Crippen LogP contribution in [-0.2, 0) is 6.42 Å². The highest BCUT2D eigenvalue weighted by molar-refractivity contribution is 6.18. The molecule has 0 fully saturated rings. The van der Waals surface area contributed by atoms with E-state index in [1.165, 1.54) is 11.1 Å². The molecule has 0 aliphatic carbocycles. The minimum absolute atomic E-state index is 0.466. The Kier molecular flexibility index (Phi) is 4.14. The highest BCUT2D eigenvalue weighted by atomic mass is 14.7. The van der Waals surface area contributed by atoms with E-state index in [-0.39, 0.29) is 0 Å². The molecule has 0 atom stereocenters. The molecule has 3 heteroatoms. The van der Waals surface area contributed by atoms with Crippen LogP contribution in [0.2, 0.25) is 0 Å². The van der Waals surface area contributed by atoms with Crippen LogP contribution in [0.15, 0.2) is 42.6 Å². The SMILES string of the molecule is CCc1cc2ncc(C)c(C(=N)c3ccc(C#N)cc3)c2cc1C. The monoisotopic (exact) mass is 313 g/mol. The largest absolute Gasteiger partial charge is 0.300 e. The molecule has 118 valence electrons. The number of hydrogen-bond donors (Lipinski definition) is 1. The first-order valence-electron chi connectivity index (χ1n) is 8.03. The number of aryl methyl sites for hydroxylation is 3. The van der Waals surface area contributed by atoms with Gasteiger partial charge in [0.2, 0.25) is 0 Å². The zero-order valence-corrected chi connectivity index (χ0v) is 14.1. The van der Waals surface area contributed by atoms with E-state index < -0.39 is 0 Å². The molecule has 1 heterocycles. The Morgan fingerprint density at radius 3 is 2.46 bits per heavy atom. The van der Waals surface area contributed by atoms with Crippen molar-refractivity contribution in [2.24, 2.45) is 0 Å². The molecular weight excluding hydrogens is 294 g/mol. The average Bonchev–Trinajstić information content (AvgIpc) is 2.61. The number of nitrogens with zero attached hydrogens (tertiary/aromatic N) is 2. The van der Waals surface area contributed by atoms with E-state index in [9.17, 15) is 0 Å². The second kappa shape index (κ2) is 6.25. The normalized spacial score (nSPS) is 10.6. The minimum atomic E-state index is 0.466. The molecule has 3 rings (SSSR count). The Bertz CT molecular complexity index is 977. The number of nitrogens with one attached hydrogen (secondary N) is 1. The summed E-state index contributed by atoms with van der Waals surface area (Å²) in [6, 6.07) is 13.6. The van der Waals surface area contributed by atoms with Gasteiger partial charge in [0.15, 0.2) is 0 Å². The van der Waals surface area contributed by atoms with Crippen LogP contribution in [0.5, 0.6) is 0 Å². The predicted molar refractivity (Wildman–Crippen MR) is 97.7 cm³/mol. The zero-order chi connectivity index (χ0) is 17.3. The lowest BCUT2D eigenvalue weighted by atomic mass is 9.92. The van der Waals surface area contributed by atoms with Crippen molar-refractivity contribution >= 4 is 16.6 Å². The van der Waals surface area contributed by atoms with E-state index in [4.69, 9.17) is 10.7 Å². The summed E-state index contributed by atoms with van der Waals surface area (Å²) < 4.78 is 0. The zero-order valence-electron chi connectivity index (χ0n) is 14.1. The maximum atomic E-state index is 8.94. The molecule has 3 aromatic rings. The molecular formula is C21H19N3. The standard InChI is InChI=1S/C21H19N3/c1-4-16-10-19-18(9-13(16)2)20(14(3)12-24-19)21(23)17-7-5-15(11-22)6-8-17/h5-10,12,23H,4H2,1-3H3. The molecule has 0 unspecified atom stereocenters. The van der Waals surface area contributed by atoms with E-state index >= 15 is 0 Å². The van der Waals surface area contributed by atoms with Gasteiger partial charge in [-0.15, -0.1) is 0 Å². The summed E-state index contributed by atoms with van der Waals surface area (Å²) in [5.74, 6) is 0. The van der Waals surface area contributed by atoms with Gasteiger partial charge in [-0.05, 0) is 61.2 Å². The van der Waals surface area contributed by atoms with Gasteiger partial charge in [-0.1, -0.05) is 19.1 Å². The summed E-state index contributed by atoms with van der Waals surface area (Å²) in [4.78, 5) is 4.55. The molecule has 0 bridgehead atoms. The summed E-state index contributed by atoms with van der Waals surface area (Å²) in [6.45, 7) is 6.24. The summed E-state index contributed by atoms with van der Waals surface area (Å²) in [5, 5.41) is 18.6. The highest BCUT2D eigenvalue weighted by Crippen LogP contribution is 2.26. The maximum absolute atomic E-state index is 8.94. The van der Waals surface area contributed by atoms with E-state index in [1.807, 2.05) is 25.3 Å². The van der Waals surface area contributed by atoms with E-state index in [2.05, 4.69) is 37.0 Å². The van der Waals surface area contributed by atoms with Gasteiger partial charge in [-0.25, -0.2) is 0 Å². The topological polar surface area (TPSA) is 60.5 Å². The average molecular weight is 313 g/mol. The van der Waals surface area contributed by atoms with Crippen LogP contribution in [0, 0.1) is 30.6 Å². The Labute approximate surface area is 142 Å². The van der Waals surface area contributed by atoms with Crippen LogP contribution in [0.4, 0.5) is 0 Å². The maximum Gasteiger partial charge on any atom is 0.0991 e. The van der Waals surface area contributed by atoms with Gasteiger partial charge in [0.1, 0.15) is 0 Å². The van der Waals surface area contributed by atoms with Crippen LogP contribution in [-0.4, -0.2) is 10.7 Å². The second-order valence-electron chi connectivity index (χ2n) is 6.03. The molecule has 0 radical (unpaired) electrons. The number of nitriles is 1. The van der Waals surface area contributed by atoms with Crippen LogP contribution in [0.3, 0.4) is 0 Å². The van der Waals surface area contributed by atoms with Crippen molar-refractivity contribution in [1.29, 1.82) is 10.7 Å². The Morgan fingerprint density at radius 1 is 1.12 bits per heavy atom. The third-order valence-electron chi connectivity index (χ3n) is 4.45. The van der Waals surface area contributed by atoms with Gasteiger partial charge < -0.3 is 0 Å².